The number of hydrogen-bond donors (Lipinski definition) is 0. The SMILES string of the molecule is CC(C)(C)OC(=O)N1CCC(SCc2cncs2)C1. The Labute approximate surface area is 122 Å². The molecule has 6 heteroatoms. The molecule has 1 aromatic rings. The van der Waals surface area contributed by atoms with Gasteiger partial charge in [0, 0.05) is 35.2 Å². The fourth-order valence-corrected chi connectivity index (χ4v) is 3.76. The number of carbonyl (C=O) groups is 1. The van der Waals surface area contributed by atoms with E-state index in [0.717, 1.165) is 25.3 Å². The van der Waals surface area contributed by atoms with Gasteiger partial charge in [-0.05, 0) is 27.2 Å². The molecule has 0 saturated carbocycles. The summed E-state index contributed by atoms with van der Waals surface area (Å²) in [5.41, 5.74) is 1.45. The Hall–Kier alpha value is -0.750. The maximum Gasteiger partial charge on any atom is 0.410 e. The lowest BCUT2D eigenvalue weighted by Crippen LogP contribution is -2.35. The van der Waals surface area contributed by atoms with Crippen LogP contribution in [0.3, 0.4) is 0 Å². The number of thioether (sulfide) groups is 1. The van der Waals surface area contributed by atoms with E-state index in [4.69, 9.17) is 4.74 Å². The van der Waals surface area contributed by atoms with E-state index >= 15 is 0 Å². The zero-order valence-corrected chi connectivity index (χ0v) is 13.2. The zero-order valence-electron chi connectivity index (χ0n) is 11.6. The molecule has 1 fully saturated rings. The molecule has 0 bridgehead atoms. The van der Waals surface area contributed by atoms with Gasteiger partial charge < -0.3 is 9.64 Å². The van der Waals surface area contributed by atoms with E-state index in [9.17, 15) is 4.79 Å². The summed E-state index contributed by atoms with van der Waals surface area (Å²) in [7, 11) is 0. The van der Waals surface area contributed by atoms with Crippen molar-refractivity contribution in [3.05, 3.63) is 16.6 Å². The molecule has 1 aliphatic rings. The fourth-order valence-electron chi connectivity index (χ4n) is 1.87. The van der Waals surface area contributed by atoms with Crippen molar-refractivity contribution in [3.63, 3.8) is 0 Å². The number of amides is 1. The van der Waals surface area contributed by atoms with E-state index in [2.05, 4.69) is 4.98 Å². The molecule has 4 nitrogen and oxygen atoms in total. The van der Waals surface area contributed by atoms with Gasteiger partial charge in [0.25, 0.3) is 0 Å². The van der Waals surface area contributed by atoms with Crippen molar-refractivity contribution >= 4 is 29.2 Å². The van der Waals surface area contributed by atoms with Crippen LogP contribution in [0.2, 0.25) is 0 Å². The average Bonchev–Trinajstić information content (AvgIpc) is 2.96. The van der Waals surface area contributed by atoms with Gasteiger partial charge in [0.1, 0.15) is 5.60 Å². The molecule has 1 saturated heterocycles. The molecule has 1 amide bonds. The van der Waals surface area contributed by atoms with Crippen LogP contribution in [-0.4, -0.2) is 39.9 Å². The van der Waals surface area contributed by atoms with Crippen LogP contribution in [-0.2, 0) is 10.5 Å². The summed E-state index contributed by atoms with van der Waals surface area (Å²) in [6, 6.07) is 0. The Morgan fingerprint density at radius 2 is 2.42 bits per heavy atom. The van der Waals surface area contributed by atoms with Crippen molar-refractivity contribution < 1.29 is 9.53 Å². The molecule has 0 spiro atoms. The highest BCUT2D eigenvalue weighted by Gasteiger charge is 2.29. The monoisotopic (exact) mass is 300 g/mol. The maximum absolute atomic E-state index is 11.9. The molecule has 1 aliphatic heterocycles. The summed E-state index contributed by atoms with van der Waals surface area (Å²) in [5, 5.41) is 0.509. The van der Waals surface area contributed by atoms with Gasteiger partial charge in [0.2, 0.25) is 0 Å². The minimum Gasteiger partial charge on any atom is -0.444 e. The fraction of sp³-hybridized carbons (Fsp3) is 0.692. The van der Waals surface area contributed by atoms with Crippen LogP contribution in [0.4, 0.5) is 4.79 Å². The first-order valence-corrected chi connectivity index (χ1v) is 8.34. The summed E-state index contributed by atoms with van der Waals surface area (Å²) in [6.07, 6.45) is 2.77. The topological polar surface area (TPSA) is 42.4 Å². The Kier molecular flexibility index (Phi) is 4.73. The molecule has 1 atom stereocenters. The van der Waals surface area contributed by atoms with Crippen molar-refractivity contribution in [1.82, 2.24) is 9.88 Å². The van der Waals surface area contributed by atoms with Crippen molar-refractivity contribution in [2.45, 2.75) is 43.8 Å². The van der Waals surface area contributed by atoms with Gasteiger partial charge in [-0.2, -0.15) is 11.8 Å². The number of nitrogens with zero attached hydrogens (tertiary/aromatic N) is 2. The van der Waals surface area contributed by atoms with Crippen LogP contribution in [0.5, 0.6) is 0 Å². The molecule has 1 unspecified atom stereocenters. The van der Waals surface area contributed by atoms with Gasteiger partial charge in [0.15, 0.2) is 0 Å². The number of thiazole rings is 1. The highest BCUT2D eigenvalue weighted by atomic mass is 32.2. The Morgan fingerprint density at radius 1 is 1.63 bits per heavy atom. The van der Waals surface area contributed by atoms with E-state index in [0.29, 0.717) is 5.25 Å². The van der Waals surface area contributed by atoms with Gasteiger partial charge in [-0.3, -0.25) is 4.98 Å². The predicted molar refractivity (Wildman–Crippen MR) is 79.6 cm³/mol. The zero-order chi connectivity index (χ0) is 13.9. The maximum atomic E-state index is 11.9. The van der Waals surface area contributed by atoms with E-state index in [-0.39, 0.29) is 6.09 Å². The molecule has 0 radical (unpaired) electrons. The number of aromatic nitrogens is 1. The summed E-state index contributed by atoms with van der Waals surface area (Å²) in [5.74, 6) is 0.984. The molecular formula is C13H20N2O2S2. The smallest absolute Gasteiger partial charge is 0.410 e. The normalized spacial score (nSPS) is 19.7. The van der Waals surface area contributed by atoms with Gasteiger partial charge in [-0.25, -0.2) is 4.79 Å². The first-order valence-electron chi connectivity index (χ1n) is 6.41. The van der Waals surface area contributed by atoms with Gasteiger partial charge >= 0.3 is 6.09 Å². The molecular weight excluding hydrogens is 280 g/mol. The van der Waals surface area contributed by atoms with Gasteiger partial charge in [0.05, 0.1) is 5.51 Å². The quantitative estimate of drug-likeness (QED) is 0.858. The van der Waals surface area contributed by atoms with Crippen LogP contribution in [0, 0.1) is 0 Å². The standard InChI is InChI=1S/C13H20N2O2S2/c1-13(2,3)17-12(16)15-5-4-10(7-15)18-8-11-6-14-9-19-11/h6,9-10H,4-5,7-8H2,1-3H3. The molecule has 0 aliphatic carbocycles. The van der Waals surface area contributed by atoms with Crippen molar-refractivity contribution in [3.8, 4) is 0 Å². The third-order valence-corrected chi connectivity index (χ3v) is 5.04. The molecule has 19 heavy (non-hydrogen) atoms. The van der Waals surface area contributed by atoms with Crippen molar-refractivity contribution in [2.75, 3.05) is 13.1 Å². The predicted octanol–water partition coefficient (Wildman–Crippen LogP) is 3.39. The van der Waals surface area contributed by atoms with Gasteiger partial charge in [-0.15, -0.1) is 11.3 Å². The summed E-state index contributed by atoms with van der Waals surface area (Å²) >= 11 is 3.59. The minimum atomic E-state index is -0.412. The summed E-state index contributed by atoms with van der Waals surface area (Å²) < 4.78 is 5.39. The second-order valence-corrected chi connectivity index (χ2v) is 7.88. The van der Waals surface area contributed by atoms with Crippen LogP contribution >= 0.6 is 23.1 Å². The van der Waals surface area contributed by atoms with E-state index in [1.54, 1.807) is 11.3 Å². The lowest BCUT2D eigenvalue weighted by atomic mass is 10.2. The van der Waals surface area contributed by atoms with Crippen molar-refractivity contribution in [2.24, 2.45) is 0 Å². The third-order valence-electron chi connectivity index (χ3n) is 2.74. The summed E-state index contributed by atoms with van der Waals surface area (Å²) in [4.78, 5) is 19.1. The molecule has 2 heterocycles. The molecule has 106 valence electrons. The Bertz CT molecular complexity index is 415. The van der Waals surface area contributed by atoms with E-state index in [1.807, 2.05) is 49.1 Å². The lowest BCUT2D eigenvalue weighted by molar-refractivity contribution is 0.0295. The molecule has 1 aromatic heterocycles. The molecule has 0 N–H and O–H groups in total. The molecule has 0 aromatic carbocycles. The second-order valence-electron chi connectivity index (χ2n) is 5.62. The van der Waals surface area contributed by atoms with E-state index in [1.165, 1.54) is 4.88 Å². The summed E-state index contributed by atoms with van der Waals surface area (Å²) in [6.45, 7) is 7.29. The Morgan fingerprint density at radius 3 is 3.05 bits per heavy atom. The number of likely N-dealkylation sites (tertiary alicyclic amines) is 1. The number of ether oxygens (including phenoxy) is 1. The molecule has 2 rings (SSSR count). The van der Waals surface area contributed by atoms with Crippen LogP contribution in [0.25, 0.3) is 0 Å². The lowest BCUT2D eigenvalue weighted by Gasteiger charge is -2.24. The highest BCUT2D eigenvalue weighted by molar-refractivity contribution is 7.99. The largest absolute Gasteiger partial charge is 0.444 e. The minimum absolute atomic E-state index is 0.187. The van der Waals surface area contributed by atoms with Crippen LogP contribution < -0.4 is 0 Å². The Balaban J connectivity index is 1.75. The van der Waals surface area contributed by atoms with Crippen LogP contribution in [0.15, 0.2) is 11.7 Å². The first kappa shape index (κ1) is 14.7. The average molecular weight is 300 g/mol. The number of rotatable bonds is 3. The first-order chi connectivity index (χ1) is 8.94. The van der Waals surface area contributed by atoms with Gasteiger partial charge in [-0.1, -0.05) is 0 Å². The highest BCUT2D eigenvalue weighted by Crippen LogP contribution is 2.27. The number of hydrogen-bond acceptors (Lipinski definition) is 5. The number of carbonyl (C=O) groups excluding carboxylic acids is 1. The van der Waals surface area contributed by atoms with Crippen LogP contribution in [0.1, 0.15) is 32.1 Å². The second kappa shape index (κ2) is 6.13. The van der Waals surface area contributed by atoms with E-state index < -0.39 is 5.60 Å². The third kappa shape index (κ3) is 4.69. The van der Waals surface area contributed by atoms with Crippen molar-refractivity contribution in [1.29, 1.82) is 0 Å².